The Labute approximate surface area is 126 Å². The molecule has 4 heteroatoms. The van der Waals surface area contributed by atoms with Crippen LogP contribution in [0.15, 0.2) is 18.2 Å². The Hall–Kier alpha value is -1.55. The standard InChI is InChI=1S/C17H25N3O/c1-18-16-14-9-8-13(10-15(14)19-17(16)21)20(2)11-12-6-4-3-5-7-12/h8-10,12,16,18H,3-7,11H2,1-2H3,(H,19,21). The van der Waals surface area contributed by atoms with E-state index >= 15 is 0 Å². The van der Waals surface area contributed by atoms with Gasteiger partial charge in [-0.3, -0.25) is 4.79 Å². The van der Waals surface area contributed by atoms with Crippen molar-refractivity contribution in [1.82, 2.24) is 5.32 Å². The minimum atomic E-state index is -0.210. The number of hydrogen-bond acceptors (Lipinski definition) is 3. The zero-order chi connectivity index (χ0) is 14.8. The number of likely N-dealkylation sites (N-methyl/N-ethyl adjacent to an activating group) is 1. The van der Waals surface area contributed by atoms with E-state index in [9.17, 15) is 4.79 Å². The lowest BCUT2D eigenvalue weighted by molar-refractivity contribution is -0.117. The van der Waals surface area contributed by atoms with Crippen LogP contribution in [0.3, 0.4) is 0 Å². The number of amides is 1. The normalized spacial score (nSPS) is 22.0. The quantitative estimate of drug-likeness (QED) is 0.895. The number of carbonyl (C=O) groups excluding carboxylic acids is 1. The molecule has 114 valence electrons. The first-order valence-electron chi connectivity index (χ1n) is 8.02. The highest BCUT2D eigenvalue weighted by molar-refractivity contribution is 6.03. The molecule has 1 aromatic carbocycles. The van der Waals surface area contributed by atoms with Crippen molar-refractivity contribution in [3.8, 4) is 0 Å². The van der Waals surface area contributed by atoms with E-state index in [0.717, 1.165) is 23.7 Å². The van der Waals surface area contributed by atoms with Gasteiger partial charge in [-0.05, 0) is 37.9 Å². The van der Waals surface area contributed by atoms with E-state index in [0.29, 0.717) is 0 Å². The molecular formula is C17H25N3O. The zero-order valence-corrected chi connectivity index (χ0v) is 13.0. The first-order valence-corrected chi connectivity index (χ1v) is 8.02. The van der Waals surface area contributed by atoms with Gasteiger partial charge in [-0.1, -0.05) is 25.3 Å². The molecule has 0 radical (unpaired) electrons. The average Bonchev–Trinajstić information content (AvgIpc) is 2.82. The Balaban J connectivity index is 1.72. The lowest BCUT2D eigenvalue weighted by atomic mass is 9.89. The van der Waals surface area contributed by atoms with Gasteiger partial charge in [0, 0.05) is 30.5 Å². The van der Waals surface area contributed by atoms with Crippen LogP contribution in [0.4, 0.5) is 11.4 Å². The van der Waals surface area contributed by atoms with Crippen LogP contribution in [-0.4, -0.2) is 26.5 Å². The number of carbonyl (C=O) groups is 1. The van der Waals surface area contributed by atoms with Crippen molar-refractivity contribution in [2.75, 3.05) is 30.9 Å². The molecule has 0 saturated heterocycles. The summed E-state index contributed by atoms with van der Waals surface area (Å²) in [6, 6.07) is 6.10. The molecule has 1 unspecified atom stereocenters. The second-order valence-electron chi connectivity index (χ2n) is 6.37. The monoisotopic (exact) mass is 287 g/mol. The van der Waals surface area contributed by atoms with Crippen LogP contribution in [0.25, 0.3) is 0 Å². The van der Waals surface area contributed by atoms with Gasteiger partial charge < -0.3 is 15.5 Å². The summed E-state index contributed by atoms with van der Waals surface area (Å²) in [6.07, 6.45) is 6.86. The molecule has 21 heavy (non-hydrogen) atoms. The Morgan fingerprint density at radius 3 is 2.76 bits per heavy atom. The van der Waals surface area contributed by atoms with Crippen molar-refractivity contribution in [1.29, 1.82) is 0 Å². The summed E-state index contributed by atoms with van der Waals surface area (Å²) in [6.45, 7) is 1.11. The van der Waals surface area contributed by atoms with Crippen LogP contribution in [0.1, 0.15) is 43.7 Å². The van der Waals surface area contributed by atoms with Crippen molar-refractivity contribution >= 4 is 17.3 Å². The van der Waals surface area contributed by atoms with Crippen LogP contribution < -0.4 is 15.5 Å². The summed E-state index contributed by atoms with van der Waals surface area (Å²) >= 11 is 0. The van der Waals surface area contributed by atoms with E-state index in [1.54, 1.807) is 0 Å². The fourth-order valence-electron chi connectivity index (χ4n) is 3.64. The Bertz CT molecular complexity index is 523. The maximum Gasteiger partial charge on any atom is 0.246 e. The molecular weight excluding hydrogens is 262 g/mol. The molecule has 1 amide bonds. The molecule has 3 rings (SSSR count). The molecule has 2 aliphatic rings. The van der Waals surface area contributed by atoms with Crippen molar-refractivity contribution in [3.63, 3.8) is 0 Å². The molecule has 2 N–H and O–H groups in total. The number of anilines is 2. The molecule has 0 aromatic heterocycles. The van der Waals surface area contributed by atoms with Crippen molar-refractivity contribution in [2.45, 2.75) is 38.1 Å². The Morgan fingerprint density at radius 2 is 2.05 bits per heavy atom. The van der Waals surface area contributed by atoms with E-state index in [1.807, 2.05) is 7.05 Å². The first-order chi connectivity index (χ1) is 10.2. The van der Waals surface area contributed by atoms with E-state index in [4.69, 9.17) is 0 Å². The van der Waals surface area contributed by atoms with Gasteiger partial charge in [-0.15, -0.1) is 0 Å². The Morgan fingerprint density at radius 1 is 1.29 bits per heavy atom. The Kier molecular flexibility index (Phi) is 4.15. The number of benzene rings is 1. The number of rotatable bonds is 4. The van der Waals surface area contributed by atoms with Crippen LogP contribution in [-0.2, 0) is 4.79 Å². The highest BCUT2D eigenvalue weighted by Gasteiger charge is 2.29. The molecule has 1 aliphatic heterocycles. The number of nitrogens with zero attached hydrogens (tertiary/aromatic N) is 1. The van der Waals surface area contributed by atoms with E-state index in [1.165, 1.54) is 37.8 Å². The molecule has 1 atom stereocenters. The summed E-state index contributed by atoms with van der Waals surface area (Å²) < 4.78 is 0. The van der Waals surface area contributed by atoms with Gasteiger partial charge >= 0.3 is 0 Å². The minimum Gasteiger partial charge on any atom is -0.374 e. The van der Waals surface area contributed by atoms with E-state index in [-0.39, 0.29) is 11.9 Å². The second-order valence-corrected chi connectivity index (χ2v) is 6.37. The lowest BCUT2D eigenvalue weighted by Gasteiger charge is -2.28. The van der Waals surface area contributed by atoms with Gasteiger partial charge in [-0.25, -0.2) is 0 Å². The highest BCUT2D eigenvalue weighted by Crippen LogP contribution is 2.34. The fraction of sp³-hybridized carbons (Fsp3) is 0.588. The van der Waals surface area contributed by atoms with Gasteiger partial charge in [0.1, 0.15) is 6.04 Å². The van der Waals surface area contributed by atoms with Crippen molar-refractivity contribution < 1.29 is 4.79 Å². The first kappa shape index (κ1) is 14.4. The third-order valence-electron chi connectivity index (χ3n) is 4.85. The molecule has 1 aromatic rings. The van der Waals surface area contributed by atoms with Crippen LogP contribution in [0.2, 0.25) is 0 Å². The maximum absolute atomic E-state index is 11.9. The smallest absolute Gasteiger partial charge is 0.246 e. The van der Waals surface area contributed by atoms with Gasteiger partial charge in [0.25, 0.3) is 0 Å². The van der Waals surface area contributed by atoms with Crippen molar-refractivity contribution in [2.24, 2.45) is 5.92 Å². The van der Waals surface area contributed by atoms with Crippen molar-refractivity contribution in [3.05, 3.63) is 23.8 Å². The summed E-state index contributed by atoms with van der Waals surface area (Å²) in [5, 5.41) is 6.03. The van der Waals surface area contributed by atoms with Crippen LogP contribution >= 0.6 is 0 Å². The maximum atomic E-state index is 11.9. The molecule has 1 aliphatic carbocycles. The summed E-state index contributed by atoms with van der Waals surface area (Å²) in [5.41, 5.74) is 3.20. The second kappa shape index (κ2) is 6.06. The van der Waals surface area contributed by atoms with Gasteiger partial charge in [-0.2, -0.15) is 0 Å². The van der Waals surface area contributed by atoms with E-state index in [2.05, 4.69) is 40.8 Å². The molecule has 1 heterocycles. The van der Waals surface area contributed by atoms with Crippen LogP contribution in [0, 0.1) is 5.92 Å². The van der Waals surface area contributed by atoms with Crippen LogP contribution in [0.5, 0.6) is 0 Å². The summed E-state index contributed by atoms with van der Waals surface area (Å²) in [5.74, 6) is 0.858. The van der Waals surface area contributed by atoms with Gasteiger partial charge in [0.2, 0.25) is 5.91 Å². The fourth-order valence-corrected chi connectivity index (χ4v) is 3.64. The summed E-state index contributed by atoms with van der Waals surface area (Å²) in [4.78, 5) is 14.2. The zero-order valence-electron chi connectivity index (χ0n) is 13.0. The molecule has 0 spiro atoms. The third kappa shape index (κ3) is 2.91. The molecule has 4 nitrogen and oxygen atoms in total. The lowest BCUT2D eigenvalue weighted by Crippen LogP contribution is -2.26. The molecule has 1 saturated carbocycles. The van der Waals surface area contributed by atoms with Gasteiger partial charge in [0.05, 0.1) is 0 Å². The predicted octanol–water partition coefficient (Wildman–Crippen LogP) is 2.92. The number of nitrogens with one attached hydrogen (secondary N) is 2. The number of hydrogen-bond donors (Lipinski definition) is 2. The summed E-state index contributed by atoms with van der Waals surface area (Å²) in [7, 11) is 3.98. The van der Waals surface area contributed by atoms with E-state index < -0.39 is 0 Å². The minimum absolute atomic E-state index is 0.0413. The highest BCUT2D eigenvalue weighted by atomic mass is 16.2. The molecule has 0 bridgehead atoms. The predicted molar refractivity (Wildman–Crippen MR) is 86.7 cm³/mol. The third-order valence-corrected chi connectivity index (χ3v) is 4.85. The van der Waals surface area contributed by atoms with Gasteiger partial charge in [0.15, 0.2) is 0 Å². The average molecular weight is 287 g/mol. The number of fused-ring (bicyclic) bond motifs is 1. The SMILES string of the molecule is CNC1C(=O)Nc2cc(N(C)CC3CCCCC3)ccc21. The topological polar surface area (TPSA) is 44.4 Å². The molecule has 1 fully saturated rings. The largest absolute Gasteiger partial charge is 0.374 e.